The number of rotatable bonds is 6. The Labute approximate surface area is 116 Å². The van der Waals surface area contributed by atoms with Crippen LogP contribution < -0.4 is 5.73 Å². The zero-order chi connectivity index (χ0) is 14.5. The Morgan fingerprint density at radius 2 is 1.84 bits per heavy atom. The molecule has 1 aromatic carbocycles. The molecular weight excluding hydrogens is 236 g/mol. The van der Waals surface area contributed by atoms with E-state index in [0.717, 1.165) is 19.4 Å². The first kappa shape index (κ1) is 15.7. The number of hydrogen-bond acceptors (Lipinski definition) is 2. The summed E-state index contributed by atoms with van der Waals surface area (Å²) >= 11 is 0. The van der Waals surface area contributed by atoms with Crippen LogP contribution in [0.2, 0.25) is 0 Å². The second-order valence-corrected chi connectivity index (χ2v) is 5.88. The Kier molecular flexibility index (Phi) is 5.55. The van der Waals surface area contributed by atoms with Crippen molar-refractivity contribution in [1.29, 1.82) is 0 Å². The van der Waals surface area contributed by atoms with Gasteiger partial charge in [0.25, 0.3) is 0 Å². The second-order valence-electron chi connectivity index (χ2n) is 5.88. The third kappa shape index (κ3) is 4.67. The molecule has 1 amide bonds. The number of amides is 1. The van der Waals surface area contributed by atoms with Crippen molar-refractivity contribution >= 4 is 5.91 Å². The first-order chi connectivity index (χ1) is 8.86. The number of hydrogen-bond donors (Lipinski definition) is 1. The first-order valence-electron chi connectivity index (χ1n) is 6.88. The fourth-order valence-electron chi connectivity index (χ4n) is 2.14. The maximum absolute atomic E-state index is 12.3. The van der Waals surface area contributed by atoms with Gasteiger partial charge in [-0.25, -0.2) is 0 Å². The minimum Gasteiger partial charge on any atom is -0.345 e. The van der Waals surface area contributed by atoms with Gasteiger partial charge in [0, 0.05) is 19.0 Å². The molecule has 0 aromatic heterocycles. The average Bonchev–Trinajstić information content (AvgIpc) is 2.36. The molecule has 0 saturated heterocycles. The van der Waals surface area contributed by atoms with Crippen LogP contribution in [0.25, 0.3) is 0 Å². The molecule has 0 aliphatic rings. The van der Waals surface area contributed by atoms with Gasteiger partial charge in [0.15, 0.2) is 0 Å². The molecule has 0 spiro atoms. The van der Waals surface area contributed by atoms with Crippen LogP contribution in [-0.2, 0) is 11.2 Å². The Morgan fingerprint density at radius 3 is 2.37 bits per heavy atom. The van der Waals surface area contributed by atoms with Gasteiger partial charge in [-0.1, -0.05) is 43.7 Å². The molecule has 1 rings (SSSR count). The van der Waals surface area contributed by atoms with Crippen molar-refractivity contribution < 1.29 is 4.79 Å². The van der Waals surface area contributed by atoms with E-state index in [-0.39, 0.29) is 11.3 Å². The molecule has 0 atom stereocenters. The quantitative estimate of drug-likeness (QED) is 0.855. The summed E-state index contributed by atoms with van der Waals surface area (Å²) in [5, 5.41) is 0. The summed E-state index contributed by atoms with van der Waals surface area (Å²) in [5.74, 6) is 0.171. The fraction of sp³-hybridized carbons (Fsp3) is 0.562. The Morgan fingerprint density at radius 1 is 1.26 bits per heavy atom. The third-order valence-corrected chi connectivity index (χ3v) is 3.55. The molecule has 106 valence electrons. The molecule has 0 saturated carbocycles. The van der Waals surface area contributed by atoms with Crippen molar-refractivity contribution in [1.82, 2.24) is 4.90 Å². The largest absolute Gasteiger partial charge is 0.345 e. The lowest BCUT2D eigenvalue weighted by Crippen LogP contribution is -2.40. The molecule has 0 fully saturated rings. The van der Waals surface area contributed by atoms with E-state index in [2.05, 4.69) is 31.2 Å². The summed E-state index contributed by atoms with van der Waals surface area (Å²) < 4.78 is 0. The normalized spacial score (nSPS) is 11.4. The van der Waals surface area contributed by atoms with E-state index in [9.17, 15) is 4.79 Å². The maximum atomic E-state index is 12.3. The number of likely N-dealkylation sites (N-methyl/N-ethyl adjacent to an activating group) is 1. The first-order valence-corrected chi connectivity index (χ1v) is 6.88. The number of carbonyl (C=O) groups is 1. The van der Waals surface area contributed by atoms with E-state index in [1.807, 2.05) is 25.8 Å². The second kappa shape index (κ2) is 6.71. The molecule has 3 heteroatoms. The highest BCUT2D eigenvalue weighted by molar-refractivity contribution is 5.81. The van der Waals surface area contributed by atoms with Gasteiger partial charge in [0.05, 0.1) is 0 Å². The molecule has 19 heavy (non-hydrogen) atoms. The van der Waals surface area contributed by atoms with E-state index in [0.29, 0.717) is 6.54 Å². The van der Waals surface area contributed by atoms with Gasteiger partial charge in [-0.3, -0.25) is 4.79 Å². The predicted octanol–water partition coefficient (Wildman–Crippen LogP) is 2.37. The van der Waals surface area contributed by atoms with Gasteiger partial charge >= 0.3 is 0 Å². The topological polar surface area (TPSA) is 46.3 Å². The molecule has 3 nitrogen and oxygen atoms in total. The number of benzene rings is 1. The van der Waals surface area contributed by atoms with Crippen LogP contribution in [0.3, 0.4) is 0 Å². The zero-order valence-electron chi connectivity index (χ0n) is 12.6. The van der Waals surface area contributed by atoms with E-state index in [4.69, 9.17) is 5.73 Å². The van der Waals surface area contributed by atoms with Crippen LogP contribution in [0.5, 0.6) is 0 Å². The lowest BCUT2D eigenvalue weighted by Gasteiger charge is -2.29. The van der Waals surface area contributed by atoms with Gasteiger partial charge in [0.2, 0.25) is 5.91 Å². The van der Waals surface area contributed by atoms with Gasteiger partial charge in [-0.05, 0) is 31.9 Å². The summed E-state index contributed by atoms with van der Waals surface area (Å²) in [7, 11) is 1.87. The average molecular weight is 262 g/mol. The molecule has 0 bridgehead atoms. The van der Waals surface area contributed by atoms with Gasteiger partial charge in [0.1, 0.15) is 0 Å². The van der Waals surface area contributed by atoms with Gasteiger partial charge < -0.3 is 10.6 Å². The molecule has 2 N–H and O–H groups in total. The molecule has 0 radical (unpaired) electrons. The predicted molar refractivity (Wildman–Crippen MR) is 80.0 cm³/mol. The SMILES string of the molecule is Cc1ccc(CCN(C)C(=O)C(C)(C)CCN)cc1. The van der Waals surface area contributed by atoms with Gasteiger partial charge in [-0.15, -0.1) is 0 Å². The number of nitrogens with two attached hydrogens (primary N) is 1. The van der Waals surface area contributed by atoms with Crippen molar-refractivity contribution in [3.8, 4) is 0 Å². The molecule has 1 aromatic rings. The van der Waals surface area contributed by atoms with Crippen LogP contribution in [-0.4, -0.2) is 30.9 Å². The van der Waals surface area contributed by atoms with E-state index >= 15 is 0 Å². The van der Waals surface area contributed by atoms with Crippen molar-refractivity contribution in [3.63, 3.8) is 0 Å². The van der Waals surface area contributed by atoms with Crippen LogP contribution in [0.15, 0.2) is 24.3 Å². The van der Waals surface area contributed by atoms with Crippen LogP contribution in [0.1, 0.15) is 31.4 Å². The summed E-state index contributed by atoms with van der Waals surface area (Å²) in [5.41, 5.74) is 7.72. The highest BCUT2D eigenvalue weighted by Crippen LogP contribution is 2.22. The fourth-order valence-corrected chi connectivity index (χ4v) is 2.14. The lowest BCUT2D eigenvalue weighted by atomic mass is 9.87. The van der Waals surface area contributed by atoms with E-state index in [1.165, 1.54) is 11.1 Å². The number of nitrogens with zero attached hydrogens (tertiary/aromatic N) is 1. The van der Waals surface area contributed by atoms with E-state index < -0.39 is 0 Å². The van der Waals surface area contributed by atoms with Crippen molar-refractivity contribution in [3.05, 3.63) is 35.4 Å². The van der Waals surface area contributed by atoms with Crippen LogP contribution in [0.4, 0.5) is 0 Å². The molecule has 0 aliphatic carbocycles. The van der Waals surface area contributed by atoms with Gasteiger partial charge in [-0.2, -0.15) is 0 Å². The standard InChI is InChI=1S/C16H26N2O/c1-13-5-7-14(8-6-13)9-12-18(4)15(19)16(2,3)10-11-17/h5-8H,9-12,17H2,1-4H3. The Bertz CT molecular complexity index is 409. The maximum Gasteiger partial charge on any atom is 0.228 e. The lowest BCUT2D eigenvalue weighted by molar-refractivity contribution is -0.139. The van der Waals surface area contributed by atoms with E-state index in [1.54, 1.807) is 0 Å². The molecular formula is C16H26N2O. The summed E-state index contributed by atoms with van der Waals surface area (Å²) in [6.45, 7) is 7.30. The zero-order valence-corrected chi connectivity index (χ0v) is 12.6. The Hall–Kier alpha value is -1.35. The van der Waals surface area contributed by atoms with Crippen molar-refractivity contribution in [2.24, 2.45) is 11.1 Å². The Balaban J connectivity index is 2.53. The minimum absolute atomic E-state index is 0.171. The smallest absolute Gasteiger partial charge is 0.228 e. The van der Waals surface area contributed by atoms with Crippen LogP contribution >= 0.6 is 0 Å². The highest BCUT2D eigenvalue weighted by Gasteiger charge is 2.29. The number of carbonyl (C=O) groups excluding carboxylic acids is 1. The molecule has 0 unspecified atom stereocenters. The van der Waals surface area contributed by atoms with Crippen molar-refractivity contribution in [2.45, 2.75) is 33.6 Å². The van der Waals surface area contributed by atoms with Crippen LogP contribution in [0, 0.1) is 12.3 Å². The summed E-state index contributed by atoms with van der Waals surface area (Å²) in [6.07, 6.45) is 1.61. The molecule has 0 aliphatic heterocycles. The molecule has 0 heterocycles. The van der Waals surface area contributed by atoms with Crippen molar-refractivity contribution in [2.75, 3.05) is 20.1 Å². The highest BCUT2D eigenvalue weighted by atomic mass is 16.2. The summed E-state index contributed by atoms with van der Waals surface area (Å²) in [6, 6.07) is 8.46. The summed E-state index contributed by atoms with van der Waals surface area (Å²) in [4.78, 5) is 14.1. The number of aryl methyl sites for hydroxylation is 1. The third-order valence-electron chi connectivity index (χ3n) is 3.55. The minimum atomic E-state index is -0.364. The monoisotopic (exact) mass is 262 g/mol.